The van der Waals surface area contributed by atoms with Gasteiger partial charge in [0, 0.05) is 49.6 Å². The molecule has 2 aromatic rings. The summed E-state index contributed by atoms with van der Waals surface area (Å²) in [5.41, 5.74) is 3.55. The van der Waals surface area contributed by atoms with Gasteiger partial charge >= 0.3 is 6.03 Å². The number of pyridine rings is 1. The van der Waals surface area contributed by atoms with Gasteiger partial charge < -0.3 is 9.64 Å². The van der Waals surface area contributed by atoms with E-state index in [2.05, 4.69) is 24.8 Å². The number of benzene rings is 1. The van der Waals surface area contributed by atoms with Gasteiger partial charge in [0.05, 0.1) is 30.7 Å². The van der Waals surface area contributed by atoms with E-state index in [1.165, 1.54) is 0 Å². The predicted octanol–water partition coefficient (Wildman–Crippen LogP) is 4.05. The highest BCUT2D eigenvalue weighted by atomic mass is 35.5. The van der Waals surface area contributed by atoms with Crippen molar-refractivity contribution in [2.75, 3.05) is 49.7 Å². The maximum atomic E-state index is 13.7. The van der Waals surface area contributed by atoms with Crippen molar-refractivity contribution in [2.24, 2.45) is 16.3 Å². The van der Waals surface area contributed by atoms with E-state index < -0.39 is 0 Å². The first-order valence-electron chi connectivity index (χ1n) is 11.0. The van der Waals surface area contributed by atoms with E-state index in [0.29, 0.717) is 36.4 Å². The summed E-state index contributed by atoms with van der Waals surface area (Å²) in [6, 6.07) is 9.65. The summed E-state index contributed by atoms with van der Waals surface area (Å²) in [5.74, 6) is 1.22. The zero-order chi connectivity index (χ0) is 22.5. The summed E-state index contributed by atoms with van der Waals surface area (Å²) in [5, 5.41) is 0.679. The number of anilines is 2. The van der Waals surface area contributed by atoms with E-state index in [4.69, 9.17) is 26.3 Å². The second kappa shape index (κ2) is 8.05. The molecule has 4 heterocycles. The number of carbonyl (C=O) groups excluding carboxylic acids is 1. The average molecular weight is 454 g/mol. The highest BCUT2D eigenvalue weighted by Crippen LogP contribution is 2.37. The Balaban J connectivity index is 1.52. The molecule has 1 aromatic carbocycles. The summed E-state index contributed by atoms with van der Waals surface area (Å²) >= 11 is 6.07. The summed E-state index contributed by atoms with van der Waals surface area (Å²) < 4.78 is 5.28. The van der Waals surface area contributed by atoms with Crippen LogP contribution in [0.2, 0.25) is 5.02 Å². The zero-order valence-electron chi connectivity index (χ0n) is 18.7. The molecule has 0 radical (unpaired) electrons. The van der Waals surface area contributed by atoms with Crippen LogP contribution in [-0.2, 0) is 11.3 Å². The van der Waals surface area contributed by atoms with Crippen LogP contribution in [0, 0.1) is 11.3 Å². The minimum atomic E-state index is -0.0729. The zero-order valence-corrected chi connectivity index (χ0v) is 19.5. The van der Waals surface area contributed by atoms with Crippen molar-refractivity contribution >= 4 is 34.8 Å². The molecule has 0 saturated carbocycles. The molecular weight excluding hydrogens is 426 g/mol. The second-order valence-corrected chi connectivity index (χ2v) is 10.1. The molecule has 3 aliphatic heterocycles. The molecule has 1 saturated heterocycles. The fourth-order valence-electron chi connectivity index (χ4n) is 4.58. The van der Waals surface area contributed by atoms with E-state index >= 15 is 0 Å². The normalized spacial score (nSPS) is 19.9. The van der Waals surface area contributed by atoms with Crippen LogP contribution in [0.1, 0.15) is 25.1 Å². The maximum Gasteiger partial charge on any atom is 0.330 e. The number of aliphatic imine (C=N–C) groups is 1. The molecule has 3 aliphatic rings. The van der Waals surface area contributed by atoms with Crippen molar-refractivity contribution in [2.45, 2.75) is 20.4 Å². The molecule has 0 spiro atoms. The van der Waals surface area contributed by atoms with Gasteiger partial charge in [0.15, 0.2) is 5.84 Å². The molecule has 0 atom stereocenters. The van der Waals surface area contributed by atoms with Crippen LogP contribution in [0.4, 0.5) is 16.2 Å². The third-order valence-electron chi connectivity index (χ3n) is 6.29. The molecule has 8 heteroatoms. The van der Waals surface area contributed by atoms with Gasteiger partial charge in [0.2, 0.25) is 0 Å². The summed E-state index contributed by atoms with van der Waals surface area (Å²) in [6.45, 7) is 8.64. The highest BCUT2D eigenvalue weighted by Gasteiger charge is 2.42. The van der Waals surface area contributed by atoms with Crippen molar-refractivity contribution in [1.29, 1.82) is 0 Å². The number of rotatable bonds is 5. The fraction of sp³-hybridized carbons (Fsp3) is 0.458. The lowest BCUT2D eigenvalue weighted by Crippen LogP contribution is -2.56. The number of hydrogen-bond donors (Lipinski definition) is 0. The predicted molar refractivity (Wildman–Crippen MR) is 127 cm³/mol. The molecule has 0 unspecified atom stereocenters. The molecule has 32 heavy (non-hydrogen) atoms. The molecule has 1 fully saturated rings. The van der Waals surface area contributed by atoms with Gasteiger partial charge in [0.1, 0.15) is 5.69 Å². The first-order chi connectivity index (χ1) is 15.3. The van der Waals surface area contributed by atoms with Gasteiger partial charge in [-0.2, -0.15) is 0 Å². The topological polar surface area (TPSA) is 61.3 Å². The monoisotopic (exact) mass is 453 g/mol. The Labute approximate surface area is 193 Å². The maximum absolute atomic E-state index is 13.7. The van der Waals surface area contributed by atoms with Crippen molar-refractivity contribution in [3.63, 3.8) is 0 Å². The van der Waals surface area contributed by atoms with Crippen molar-refractivity contribution in [3.8, 4) is 0 Å². The first kappa shape index (κ1) is 21.2. The Morgan fingerprint density at radius 2 is 1.97 bits per heavy atom. The lowest BCUT2D eigenvalue weighted by Gasteiger charge is -2.44. The van der Waals surface area contributed by atoms with Crippen LogP contribution in [0.5, 0.6) is 0 Å². The molecular formula is C24H28ClN5O2. The number of urea groups is 1. The Bertz CT molecular complexity index is 1060. The standard InChI is InChI=1S/C24H28ClN5O2/c1-24(2)14-27-22-21-20(8-19(9-26-21)28-10-17(11-28)13-32-3)29(23(31)30(22)15-24)12-16-4-6-18(25)7-5-16/h4-9,17H,10-15H2,1-3H3. The minimum absolute atomic E-state index is 0.0567. The first-order valence-corrected chi connectivity index (χ1v) is 11.3. The summed E-state index contributed by atoms with van der Waals surface area (Å²) in [6.07, 6.45) is 1.90. The number of ether oxygens (including phenoxy) is 1. The number of hydrogen-bond acceptors (Lipinski definition) is 5. The fourth-order valence-corrected chi connectivity index (χ4v) is 4.70. The Morgan fingerprint density at radius 1 is 1.22 bits per heavy atom. The Hall–Kier alpha value is -2.64. The van der Waals surface area contributed by atoms with Gasteiger partial charge in [-0.1, -0.05) is 37.6 Å². The molecule has 0 aliphatic carbocycles. The van der Waals surface area contributed by atoms with Crippen LogP contribution in [0.15, 0.2) is 41.5 Å². The summed E-state index contributed by atoms with van der Waals surface area (Å²) in [7, 11) is 1.74. The number of nitrogens with zero attached hydrogens (tertiary/aromatic N) is 5. The van der Waals surface area contributed by atoms with E-state index in [1.807, 2.05) is 35.4 Å². The number of amides is 2. The average Bonchev–Trinajstić information content (AvgIpc) is 2.74. The molecule has 0 bridgehead atoms. The second-order valence-electron chi connectivity index (χ2n) is 9.67. The molecule has 1 aromatic heterocycles. The number of fused-ring (bicyclic) bond motifs is 3. The number of methoxy groups -OCH3 is 1. The minimum Gasteiger partial charge on any atom is -0.384 e. The highest BCUT2D eigenvalue weighted by molar-refractivity contribution is 6.30. The lowest BCUT2D eigenvalue weighted by atomic mass is 9.90. The van der Waals surface area contributed by atoms with Gasteiger partial charge in [-0.25, -0.2) is 9.78 Å². The van der Waals surface area contributed by atoms with Crippen molar-refractivity contribution in [3.05, 3.63) is 52.8 Å². The van der Waals surface area contributed by atoms with Crippen LogP contribution in [-0.4, -0.2) is 61.6 Å². The molecule has 0 N–H and O–H groups in total. The van der Waals surface area contributed by atoms with E-state index in [0.717, 1.165) is 42.3 Å². The Morgan fingerprint density at radius 3 is 2.69 bits per heavy atom. The third kappa shape index (κ3) is 3.84. The van der Waals surface area contributed by atoms with Gasteiger partial charge in [-0.05, 0) is 23.8 Å². The molecule has 168 valence electrons. The van der Waals surface area contributed by atoms with Gasteiger partial charge in [-0.15, -0.1) is 0 Å². The SMILES string of the molecule is COCC1CN(c2cnc3c(c2)N(Cc2ccc(Cl)cc2)C(=O)N2CC(C)(C)CN=C32)C1. The van der Waals surface area contributed by atoms with Gasteiger partial charge in [-0.3, -0.25) is 14.8 Å². The number of carbonyl (C=O) groups is 1. The van der Waals surface area contributed by atoms with Crippen LogP contribution >= 0.6 is 11.6 Å². The van der Waals surface area contributed by atoms with Crippen molar-refractivity contribution < 1.29 is 9.53 Å². The van der Waals surface area contributed by atoms with Crippen LogP contribution < -0.4 is 9.80 Å². The molecule has 5 rings (SSSR count). The lowest BCUT2D eigenvalue weighted by molar-refractivity contribution is 0.137. The van der Waals surface area contributed by atoms with E-state index in [1.54, 1.807) is 12.0 Å². The van der Waals surface area contributed by atoms with Crippen LogP contribution in [0.3, 0.4) is 0 Å². The number of amidine groups is 1. The van der Waals surface area contributed by atoms with E-state index in [-0.39, 0.29) is 11.4 Å². The van der Waals surface area contributed by atoms with Crippen molar-refractivity contribution in [1.82, 2.24) is 9.88 Å². The van der Waals surface area contributed by atoms with Crippen LogP contribution in [0.25, 0.3) is 0 Å². The smallest absolute Gasteiger partial charge is 0.330 e. The quantitative estimate of drug-likeness (QED) is 0.685. The molecule has 7 nitrogen and oxygen atoms in total. The number of aromatic nitrogens is 1. The molecule has 2 amide bonds. The van der Waals surface area contributed by atoms with Gasteiger partial charge in [0.25, 0.3) is 0 Å². The number of halogens is 1. The van der Waals surface area contributed by atoms with E-state index in [9.17, 15) is 4.79 Å². The largest absolute Gasteiger partial charge is 0.384 e. The third-order valence-corrected chi connectivity index (χ3v) is 6.55. The summed E-state index contributed by atoms with van der Waals surface area (Å²) in [4.78, 5) is 29.1. The Kier molecular flexibility index (Phi) is 5.34.